The van der Waals surface area contributed by atoms with Gasteiger partial charge in [0.25, 0.3) is 0 Å². The van der Waals surface area contributed by atoms with Crippen molar-refractivity contribution >= 4 is 0 Å². The number of phenolic OH excluding ortho intramolecular Hbond substituents is 2. The van der Waals surface area contributed by atoms with Crippen molar-refractivity contribution in [2.75, 3.05) is 0 Å². The van der Waals surface area contributed by atoms with E-state index in [2.05, 4.69) is 33.8 Å². The number of benzene rings is 1. The van der Waals surface area contributed by atoms with Gasteiger partial charge in [0, 0.05) is 11.5 Å². The smallest absolute Gasteiger partial charge is 0.123 e. The molecule has 1 aromatic rings. The minimum absolute atomic E-state index is 0.119. The van der Waals surface area contributed by atoms with E-state index in [1.54, 1.807) is 0 Å². The van der Waals surface area contributed by atoms with E-state index >= 15 is 0 Å². The first-order valence-corrected chi connectivity index (χ1v) is 8.66. The van der Waals surface area contributed by atoms with Crippen molar-refractivity contribution in [1.82, 2.24) is 0 Å². The van der Waals surface area contributed by atoms with Crippen molar-refractivity contribution < 1.29 is 10.2 Å². The van der Waals surface area contributed by atoms with E-state index in [1.807, 2.05) is 12.1 Å². The molecular weight excluding hydrogens is 272 g/mol. The van der Waals surface area contributed by atoms with Crippen LogP contribution in [-0.4, -0.2) is 10.2 Å². The van der Waals surface area contributed by atoms with E-state index in [4.69, 9.17) is 0 Å². The number of allylic oxidation sites excluding steroid dienone is 2. The summed E-state index contributed by atoms with van der Waals surface area (Å²) in [6, 6.07) is 3.69. The first-order chi connectivity index (χ1) is 10.4. The Morgan fingerprint density at radius 1 is 1.18 bits per heavy atom. The maximum absolute atomic E-state index is 10.5. The molecule has 0 saturated carbocycles. The van der Waals surface area contributed by atoms with Gasteiger partial charge in [-0.1, -0.05) is 38.8 Å². The zero-order valence-electron chi connectivity index (χ0n) is 14.4. The molecule has 0 heterocycles. The first kappa shape index (κ1) is 16.9. The Morgan fingerprint density at radius 3 is 2.36 bits per heavy atom. The van der Waals surface area contributed by atoms with Gasteiger partial charge in [-0.15, -0.1) is 0 Å². The summed E-state index contributed by atoms with van der Waals surface area (Å²) >= 11 is 0. The Morgan fingerprint density at radius 2 is 1.82 bits per heavy atom. The average Bonchev–Trinajstić information content (AvgIpc) is 2.44. The van der Waals surface area contributed by atoms with Crippen LogP contribution >= 0.6 is 0 Å². The van der Waals surface area contributed by atoms with Crippen molar-refractivity contribution in [2.24, 2.45) is 11.8 Å². The molecule has 22 heavy (non-hydrogen) atoms. The van der Waals surface area contributed by atoms with E-state index in [-0.39, 0.29) is 17.4 Å². The zero-order valence-corrected chi connectivity index (χ0v) is 14.4. The number of unbranched alkanes of at least 4 members (excludes halogenated alkanes) is 1. The molecule has 0 amide bonds. The standard InChI is InChI=1S/C20H30O2/c1-5-6-7-15-11-18(21)20(19(22)12-15)17-10-14(4)8-9-16(17)13(2)3/h10-13,16-17,21-22H,5-9H2,1-4H3/t16?,17-/m1/s1. The van der Waals surface area contributed by atoms with Crippen LogP contribution in [0.1, 0.15) is 70.4 Å². The predicted octanol–water partition coefficient (Wildman–Crippen LogP) is 5.54. The Bertz CT molecular complexity index is 520. The molecular formula is C20H30O2. The third-order valence-corrected chi connectivity index (χ3v) is 5.00. The lowest BCUT2D eigenvalue weighted by atomic mass is 9.71. The fourth-order valence-electron chi connectivity index (χ4n) is 3.68. The summed E-state index contributed by atoms with van der Waals surface area (Å²) in [6.45, 7) is 8.76. The molecule has 1 unspecified atom stereocenters. The van der Waals surface area contributed by atoms with Crippen LogP contribution in [0.5, 0.6) is 11.5 Å². The van der Waals surface area contributed by atoms with Crippen molar-refractivity contribution in [1.29, 1.82) is 0 Å². The lowest BCUT2D eigenvalue weighted by Gasteiger charge is -2.33. The molecule has 1 aliphatic rings. The number of hydrogen-bond acceptors (Lipinski definition) is 2. The van der Waals surface area contributed by atoms with Gasteiger partial charge in [-0.25, -0.2) is 0 Å². The molecule has 122 valence electrons. The minimum atomic E-state index is 0.119. The molecule has 0 saturated heterocycles. The van der Waals surface area contributed by atoms with Gasteiger partial charge >= 0.3 is 0 Å². The van der Waals surface area contributed by atoms with E-state index < -0.39 is 0 Å². The van der Waals surface area contributed by atoms with Crippen LogP contribution in [0.3, 0.4) is 0 Å². The van der Waals surface area contributed by atoms with Gasteiger partial charge in [-0.3, -0.25) is 0 Å². The second-order valence-electron chi connectivity index (χ2n) is 7.14. The molecule has 0 bridgehead atoms. The van der Waals surface area contributed by atoms with Gasteiger partial charge in [0.05, 0.1) is 0 Å². The molecule has 0 spiro atoms. The average molecular weight is 302 g/mol. The third-order valence-electron chi connectivity index (χ3n) is 5.00. The number of aryl methyl sites for hydroxylation is 1. The molecule has 2 atom stereocenters. The largest absolute Gasteiger partial charge is 0.507 e. The SMILES string of the molecule is CCCCc1cc(O)c([C@@H]2C=C(C)CCC2C(C)C)c(O)c1. The molecule has 1 aromatic carbocycles. The van der Waals surface area contributed by atoms with Crippen LogP contribution in [0.15, 0.2) is 23.8 Å². The summed E-state index contributed by atoms with van der Waals surface area (Å²) in [7, 11) is 0. The second-order valence-corrected chi connectivity index (χ2v) is 7.14. The maximum atomic E-state index is 10.5. The van der Waals surface area contributed by atoms with Crippen LogP contribution in [0.2, 0.25) is 0 Å². The van der Waals surface area contributed by atoms with Gasteiger partial charge in [0.2, 0.25) is 0 Å². The zero-order chi connectivity index (χ0) is 16.3. The summed E-state index contributed by atoms with van der Waals surface area (Å²) in [5.41, 5.74) is 3.10. The lowest BCUT2D eigenvalue weighted by Crippen LogP contribution is -2.21. The van der Waals surface area contributed by atoms with Crippen LogP contribution in [0, 0.1) is 11.8 Å². The van der Waals surface area contributed by atoms with Gasteiger partial charge in [-0.2, -0.15) is 0 Å². The highest BCUT2D eigenvalue weighted by Gasteiger charge is 2.31. The summed E-state index contributed by atoms with van der Waals surface area (Å²) in [6.07, 6.45) is 7.59. The van der Waals surface area contributed by atoms with E-state index in [9.17, 15) is 10.2 Å². The van der Waals surface area contributed by atoms with E-state index in [0.29, 0.717) is 11.8 Å². The Balaban J connectivity index is 2.39. The molecule has 2 N–H and O–H groups in total. The number of rotatable bonds is 5. The fourth-order valence-corrected chi connectivity index (χ4v) is 3.68. The van der Waals surface area contributed by atoms with Crippen LogP contribution in [0.4, 0.5) is 0 Å². The second kappa shape index (κ2) is 7.21. The predicted molar refractivity (Wildman–Crippen MR) is 92.4 cm³/mol. The fraction of sp³-hybridized carbons (Fsp3) is 0.600. The topological polar surface area (TPSA) is 40.5 Å². The molecule has 0 aliphatic heterocycles. The third kappa shape index (κ3) is 3.66. The highest BCUT2D eigenvalue weighted by Crippen LogP contribution is 2.46. The quantitative estimate of drug-likeness (QED) is 0.701. The maximum Gasteiger partial charge on any atom is 0.123 e. The van der Waals surface area contributed by atoms with Crippen molar-refractivity contribution in [3.05, 3.63) is 34.9 Å². The summed E-state index contributed by atoms with van der Waals surface area (Å²) in [5.74, 6) is 1.64. The van der Waals surface area contributed by atoms with E-state index in [0.717, 1.165) is 43.2 Å². The lowest BCUT2D eigenvalue weighted by molar-refractivity contribution is 0.304. The van der Waals surface area contributed by atoms with E-state index in [1.165, 1.54) is 5.57 Å². The van der Waals surface area contributed by atoms with Crippen LogP contribution in [-0.2, 0) is 6.42 Å². The molecule has 2 nitrogen and oxygen atoms in total. The Labute approximate surface area is 134 Å². The molecule has 0 radical (unpaired) electrons. The summed E-state index contributed by atoms with van der Waals surface area (Å²) < 4.78 is 0. The monoisotopic (exact) mass is 302 g/mol. The van der Waals surface area contributed by atoms with Crippen molar-refractivity contribution in [3.8, 4) is 11.5 Å². The van der Waals surface area contributed by atoms with Crippen LogP contribution < -0.4 is 0 Å². The van der Waals surface area contributed by atoms with Gasteiger partial charge in [0.1, 0.15) is 11.5 Å². The summed E-state index contributed by atoms with van der Waals surface area (Å²) in [4.78, 5) is 0. The number of aromatic hydroxyl groups is 2. The van der Waals surface area contributed by atoms with Gasteiger partial charge < -0.3 is 10.2 Å². The molecule has 0 fully saturated rings. The molecule has 0 aromatic heterocycles. The van der Waals surface area contributed by atoms with Crippen molar-refractivity contribution in [3.63, 3.8) is 0 Å². The number of phenols is 2. The molecule has 1 aliphatic carbocycles. The Kier molecular flexibility index (Phi) is 5.55. The van der Waals surface area contributed by atoms with Crippen molar-refractivity contribution in [2.45, 2.75) is 65.7 Å². The normalized spacial score (nSPS) is 22.0. The van der Waals surface area contributed by atoms with Gasteiger partial charge in [-0.05, 0) is 62.1 Å². The highest BCUT2D eigenvalue weighted by molar-refractivity contribution is 5.51. The van der Waals surface area contributed by atoms with Crippen LogP contribution in [0.25, 0.3) is 0 Å². The molecule has 2 heteroatoms. The number of hydrogen-bond donors (Lipinski definition) is 2. The molecule has 2 rings (SSSR count). The summed E-state index contributed by atoms with van der Waals surface area (Å²) in [5, 5.41) is 21.0. The highest BCUT2D eigenvalue weighted by atomic mass is 16.3. The Hall–Kier alpha value is -1.44. The minimum Gasteiger partial charge on any atom is -0.507 e. The first-order valence-electron chi connectivity index (χ1n) is 8.66. The van der Waals surface area contributed by atoms with Gasteiger partial charge in [0.15, 0.2) is 0 Å².